The third kappa shape index (κ3) is 8.42. The molecule has 6 atom stereocenters. The van der Waals surface area contributed by atoms with Crippen molar-refractivity contribution in [3.05, 3.63) is 70.2 Å². The normalized spacial score (nSPS) is 29.7. The third-order valence-electron chi connectivity index (χ3n) is 8.76. The number of hydrogen-bond acceptors (Lipinski definition) is 11. The first-order valence-corrected chi connectivity index (χ1v) is 16.6. The number of aliphatic hydroxyl groups excluding tert-OH is 1. The number of fused-ring (bicyclic) bond motifs is 4. The predicted molar refractivity (Wildman–Crippen MR) is 185 cm³/mol. The highest BCUT2D eigenvalue weighted by atomic mass is 16.7. The standard InChI is InChI=1S/C35H39NO9.C2H6O.CH4O/c1-17-10-8-11-20(4)34(41)36-23-16-24(38)26-27(29(23)39)31-21(5)32-28(26)33(40)35(7,45-32)42-13-9-12-19(3)30(43-22(6)37)25(44-31)15-18(2)14-17;1-3-2;1-2/h8-11,13,16-19,25,30H,12,14-15H2,1-7H3,(H,36,41);1-2H3;2H,1H3/b10-8+,13-9+,20-11-;;/t17?,18-,19-,25?,30?,35+;;/m1../s1. The summed E-state index contributed by atoms with van der Waals surface area (Å²) < 4.78 is 28.9. The number of ether oxygens (including phenoxy) is 5. The zero-order chi connectivity index (χ0) is 37.5. The van der Waals surface area contributed by atoms with Gasteiger partial charge >= 0.3 is 11.8 Å². The molecule has 2 N–H and O–H groups in total. The second kappa shape index (κ2) is 16.9. The van der Waals surface area contributed by atoms with Crippen LogP contribution in [0.4, 0.5) is 0 Å². The molecule has 12 heteroatoms. The average Bonchev–Trinajstić information content (AvgIpc) is 3.31. The third-order valence-corrected chi connectivity index (χ3v) is 8.76. The van der Waals surface area contributed by atoms with Crippen LogP contribution in [0.3, 0.4) is 0 Å². The van der Waals surface area contributed by atoms with Gasteiger partial charge in [-0.3, -0.25) is 24.0 Å². The van der Waals surface area contributed by atoms with Gasteiger partial charge in [0, 0.05) is 58.3 Å². The number of hydrogen-bond donors (Lipinski definition) is 2. The van der Waals surface area contributed by atoms with Crippen LogP contribution in [-0.2, 0) is 23.8 Å². The molecule has 1 aliphatic carbocycles. The van der Waals surface area contributed by atoms with Gasteiger partial charge in [0.1, 0.15) is 23.7 Å². The average molecular weight is 696 g/mol. The number of rotatable bonds is 1. The number of amides is 1. The molecule has 3 aliphatic heterocycles. The largest absolute Gasteiger partial charge is 0.485 e. The van der Waals surface area contributed by atoms with E-state index < -0.39 is 47.2 Å². The van der Waals surface area contributed by atoms with Crippen molar-refractivity contribution >= 4 is 29.2 Å². The molecule has 0 saturated carbocycles. The van der Waals surface area contributed by atoms with Gasteiger partial charge in [-0.2, -0.15) is 0 Å². The van der Waals surface area contributed by atoms with Crippen molar-refractivity contribution in [2.75, 3.05) is 21.3 Å². The molecule has 4 aliphatic rings. The van der Waals surface area contributed by atoms with E-state index in [1.54, 1.807) is 46.3 Å². The van der Waals surface area contributed by atoms with Crippen LogP contribution in [-0.4, -0.2) is 73.7 Å². The number of allylic oxidation sites excluding steroid dienone is 6. The number of esters is 1. The molecule has 0 radical (unpaired) electrons. The molecular weight excluding hydrogens is 646 g/mol. The lowest BCUT2D eigenvalue weighted by atomic mass is 9.83. The summed E-state index contributed by atoms with van der Waals surface area (Å²) in [5.74, 6) is -4.79. The highest BCUT2D eigenvalue weighted by Crippen LogP contribution is 2.49. The Labute approximate surface area is 293 Å². The molecule has 1 amide bonds. The minimum absolute atomic E-state index is 0.0278. The smallest absolute Gasteiger partial charge is 0.312 e. The van der Waals surface area contributed by atoms with Gasteiger partial charge < -0.3 is 34.1 Å². The van der Waals surface area contributed by atoms with Gasteiger partial charge in [-0.05, 0) is 51.0 Å². The van der Waals surface area contributed by atoms with Crippen LogP contribution >= 0.6 is 0 Å². The Hall–Kier alpha value is -4.55. The first-order valence-electron chi connectivity index (χ1n) is 16.6. The van der Waals surface area contributed by atoms with E-state index in [4.69, 9.17) is 24.1 Å². The molecule has 3 unspecified atom stereocenters. The number of nitrogens with one attached hydrogen (secondary N) is 1. The number of Topliss-reactive ketones (excluding diaryl/α,β-unsaturated/α-hetero) is 2. The van der Waals surface area contributed by atoms with E-state index in [1.807, 2.05) is 13.0 Å². The quantitative estimate of drug-likeness (QED) is 0.364. The summed E-state index contributed by atoms with van der Waals surface area (Å²) in [6.07, 6.45) is 9.68. The highest BCUT2D eigenvalue weighted by Gasteiger charge is 2.52. The number of ketones is 3. The fourth-order valence-electron chi connectivity index (χ4n) is 6.45. The maximum atomic E-state index is 14.2. The topological polar surface area (TPSA) is 164 Å². The van der Waals surface area contributed by atoms with Crippen molar-refractivity contribution in [3.8, 4) is 11.5 Å². The fraction of sp³-hybridized carbons (Fsp3) is 0.500. The van der Waals surface area contributed by atoms with Crippen LogP contribution in [0.2, 0.25) is 0 Å². The summed E-state index contributed by atoms with van der Waals surface area (Å²) in [5, 5.41) is 9.58. The van der Waals surface area contributed by atoms with Crippen molar-refractivity contribution in [1.82, 2.24) is 5.32 Å². The molecule has 5 rings (SSSR count). The van der Waals surface area contributed by atoms with E-state index >= 15 is 0 Å². The van der Waals surface area contributed by atoms with Crippen molar-refractivity contribution in [1.29, 1.82) is 0 Å². The summed E-state index contributed by atoms with van der Waals surface area (Å²) >= 11 is 0. The maximum Gasteiger partial charge on any atom is 0.312 e. The summed E-state index contributed by atoms with van der Waals surface area (Å²) in [4.78, 5) is 67.4. The van der Waals surface area contributed by atoms with Crippen molar-refractivity contribution in [2.45, 2.75) is 85.7 Å². The van der Waals surface area contributed by atoms with Crippen LogP contribution < -0.4 is 14.8 Å². The number of carbonyl (C=O) groups excluding carboxylic acids is 5. The van der Waals surface area contributed by atoms with E-state index in [0.29, 0.717) is 24.0 Å². The van der Waals surface area contributed by atoms with Gasteiger partial charge in [0.05, 0.1) is 28.6 Å². The summed E-state index contributed by atoms with van der Waals surface area (Å²) in [7, 11) is 4.25. The molecule has 1 aromatic carbocycles. The van der Waals surface area contributed by atoms with E-state index in [9.17, 15) is 24.0 Å². The number of aliphatic hydroxyl groups is 1. The first-order chi connectivity index (χ1) is 23.6. The molecule has 1 aromatic rings. The second-order valence-corrected chi connectivity index (χ2v) is 13.1. The summed E-state index contributed by atoms with van der Waals surface area (Å²) in [5.41, 5.74) is -0.0196. The Bertz CT molecular complexity index is 1640. The van der Waals surface area contributed by atoms with Gasteiger partial charge in [0.25, 0.3) is 11.7 Å². The lowest BCUT2D eigenvalue weighted by Crippen LogP contribution is -2.42. The minimum atomic E-state index is -1.81. The van der Waals surface area contributed by atoms with Gasteiger partial charge in [-0.25, -0.2) is 0 Å². The Balaban J connectivity index is 0.00000128. The number of benzene rings is 1. The second-order valence-electron chi connectivity index (χ2n) is 13.1. The van der Waals surface area contributed by atoms with Crippen molar-refractivity contribution in [2.24, 2.45) is 17.8 Å². The minimum Gasteiger partial charge on any atom is -0.485 e. The van der Waals surface area contributed by atoms with Crippen LogP contribution in [0.25, 0.3) is 0 Å². The lowest BCUT2D eigenvalue weighted by molar-refractivity contribution is -0.155. The van der Waals surface area contributed by atoms with Crippen LogP contribution in [0.5, 0.6) is 11.5 Å². The van der Waals surface area contributed by atoms with Crippen LogP contribution in [0.1, 0.15) is 97.4 Å². The summed E-state index contributed by atoms with van der Waals surface area (Å²) in [6, 6.07) is 0. The van der Waals surface area contributed by atoms with Gasteiger partial charge in [0.2, 0.25) is 5.78 Å². The first kappa shape index (κ1) is 39.9. The van der Waals surface area contributed by atoms with E-state index in [1.165, 1.54) is 20.1 Å². The van der Waals surface area contributed by atoms with E-state index in [2.05, 4.69) is 23.9 Å². The monoisotopic (exact) mass is 695 g/mol. The van der Waals surface area contributed by atoms with Crippen LogP contribution in [0.15, 0.2) is 47.9 Å². The highest BCUT2D eigenvalue weighted by molar-refractivity contribution is 6.31. The Kier molecular flexibility index (Phi) is 13.5. The molecule has 0 saturated heterocycles. The molecule has 272 valence electrons. The SMILES string of the molecule is CC(=O)OC1C2C[C@H](C)CC(C)/C=C/C=C(/C)C(=O)NC3=CC(=O)c4c(c(c(C)c5c4C(=O)[C@@](C)(O/C=C/C[C@H]1C)O5)O2)C3=O.CO.COC. The fourth-order valence-corrected chi connectivity index (χ4v) is 6.45. The van der Waals surface area contributed by atoms with Crippen LogP contribution in [0, 0.1) is 24.7 Å². The Morgan fingerprint density at radius 2 is 1.66 bits per heavy atom. The van der Waals surface area contributed by atoms with Gasteiger partial charge in [-0.15, -0.1) is 0 Å². The summed E-state index contributed by atoms with van der Waals surface area (Å²) in [6.45, 7) is 12.1. The molecular formula is C38H49NO11. The molecule has 50 heavy (non-hydrogen) atoms. The predicted octanol–water partition coefficient (Wildman–Crippen LogP) is 5.35. The van der Waals surface area contributed by atoms with E-state index in [-0.39, 0.29) is 51.6 Å². The Morgan fingerprint density at radius 1 is 1.00 bits per heavy atom. The molecule has 12 nitrogen and oxygen atoms in total. The van der Waals surface area contributed by atoms with Gasteiger partial charge in [-0.1, -0.05) is 39.0 Å². The molecule has 0 aromatic heterocycles. The zero-order valence-corrected chi connectivity index (χ0v) is 30.5. The molecule has 6 bridgehead atoms. The maximum absolute atomic E-state index is 14.2. The van der Waals surface area contributed by atoms with Gasteiger partial charge in [0.15, 0.2) is 5.78 Å². The number of carbonyl (C=O) groups is 5. The molecule has 3 heterocycles. The Morgan fingerprint density at radius 3 is 2.30 bits per heavy atom. The number of methoxy groups -OCH3 is 1. The molecule has 0 spiro atoms. The lowest BCUT2D eigenvalue weighted by Gasteiger charge is -2.34. The van der Waals surface area contributed by atoms with E-state index in [0.717, 1.165) is 19.6 Å². The van der Waals surface area contributed by atoms with Crippen molar-refractivity contribution in [3.63, 3.8) is 0 Å². The zero-order valence-electron chi connectivity index (χ0n) is 30.5. The van der Waals surface area contributed by atoms with Crippen molar-refractivity contribution < 1.29 is 52.8 Å². The molecule has 0 fully saturated rings.